The molecule has 0 atom stereocenters. The van der Waals surface area contributed by atoms with E-state index in [-0.39, 0.29) is 5.78 Å². The van der Waals surface area contributed by atoms with Crippen LogP contribution in [0.3, 0.4) is 0 Å². The van der Waals surface area contributed by atoms with E-state index in [2.05, 4.69) is 25.9 Å². The van der Waals surface area contributed by atoms with E-state index in [1.54, 1.807) is 6.92 Å². The summed E-state index contributed by atoms with van der Waals surface area (Å²) in [6.07, 6.45) is 0.465. The summed E-state index contributed by atoms with van der Waals surface area (Å²) in [7, 11) is 0. The molecule has 1 aromatic heterocycles. The Morgan fingerprint density at radius 2 is 2.27 bits per heavy atom. The van der Waals surface area contributed by atoms with Gasteiger partial charge in [0.1, 0.15) is 17.1 Å². The topological polar surface area (TPSA) is 45.8 Å². The Kier molecular flexibility index (Phi) is 2.61. The van der Waals surface area contributed by atoms with Gasteiger partial charge in [0, 0.05) is 10.9 Å². The summed E-state index contributed by atoms with van der Waals surface area (Å²) in [5.74, 6) is 1.04. The van der Waals surface area contributed by atoms with Gasteiger partial charge in [-0.25, -0.2) is 4.98 Å². The molecule has 0 amide bonds. The third-order valence-corrected chi connectivity index (χ3v) is 2.78. The predicted octanol–water partition coefficient (Wildman–Crippen LogP) is 2.77. The SMILES string of the molecule is CC(=O)Cc1cc(Br)c2nc(C)[nH]c2c1. The number of imidazole rings is 1. The van der Waals surface area contributed by atoms with Crippen molar-refractivity contribution in [2.24, 2.45) is 0 Å². The van der Waals surface area contributed by atoms with Gasteiger partial charge in [0.2, 0.25) is 0 Å². The normalized spacial score (nSPS) is 10.9. The number of halogens is 1. The predicted molar refractivity (Wildman–Crippen MR) is 62.9 cm³/mol. The van der Waals surface area contributed by atoms with E-state index >= 15 is 0 Å². The molecule has 0 fully saturated rings. The molecule has 78 valence electrons. The van der Waals surface area contributed by atoms with Crippen LogP contribution >= 0.6 is 15.9 Å². The number of nitrogens with one attached hydrogen (secondary N) is 1. The van der Waals surface area contributed by atoms with Crippen LogP contribution in [0.5, 0.6) is 0 Å². The lowest BCUT2D eigenvalue weighted by Crippen LogP contribution is -1.96. The second kappa shape index (κ2) is 3.77. The van der Waals surface area contributed by atoms with Crippen LogP contribution in [0.1, 0.15) is 18.3 Å². The first-order valence-electron chi connectivity index (χ1n) is 4.70. The lowest BCUT2D eigenvalue weighted by Gasteiger charge is -1.99. The Morgan fingerprint density at radius 1 is 1.53 bits per heavy atom. The molecule has 0 bridgehead atoms. The third kappa shape index (κ3) is 2.09. The maximum atomic E-state index is 11.0. The Bertz CT molecular complexity index is 531. The molecular formula is C11H11BrN2O. The molecule has 3 nitrogen and oxygen atoms in total. The van der Waals surface area contributed by atoms with Crippen LogP contribution < -0.4 is 0 Å². The molecule has 2 rings (SSSR count). The highest BCUT2D eigenvalue weighted by atomic mass is 79.9. The first-order valence-corrected chi connectivity index (χ1v) is 5.50. The van der Waals surface area contributed by atoms with Crippen LogP contribution in [0.4, 0.5) is 0 Å². The second-order valence-corrected chi connectivity index (χ2v) is 4.53. The van der Waals surface area contributed by atoms with E-state index in [9.17, 15) is 4.79 Å². The van der Waals surface area contributed by atoms with Crippen LogP contribution in [-0.2, 0) is 11.2 Å². The van der Waals surface area contributed by atoms with Crippen molar-refractivity contribution in [3.05, 3.63) is 28.0 Å². The monoisotopic (exact) mass is 266 g/mol. The minimum absolute atomic E-state index is 0.164. The van der Waals surface area contributed by atoms with Crippen molar-refractivity contribution < 1.29 is 4.79 Å². The molecule has 0 aliphatic rings. The summed E-state index contributed by atoms with van der Waals surface area (Å²) >= 11 is 3.46. The summed E-state index contributed by atoms with van der Waals surface area (Å²) in [5, 5.41) is 0. The Labute approximate surface area is 96.0 Å². The van der Waals surface area contributed by atoms with Crippen molar-refractivity contribution in [2.45, 2.75) is 20.3 Å². The molecular weight excluding hydrogens is 256 g/mol. The van der Waals surface area contributed by atoms with Crippen molar-refractivity contribution in [3.63, 3.8) is 0 Å². The van der Waals surface area contributed by atoms with E-state index < -0.39 is 0 Å². The smallest absolute Gasteiger partial charge is 0.134 e. The minimum atomic E-state index is 0.164. The van der Waals surface area contributed by atoms with Crippen LogP contribution in [0.25, 0.3) is 11.0 Å². The Hall–Kier alpha value is -1.16. The van der Waals surface area contributed by atoms with Crippen LogP contribution in [0.15, 0.2) is 16.6 Å². The molecule has 0 aliphatic carbocycles. The molecule has 2 aromatic rings. The van der Waals surface area contributed by atoms with Crippen molar-refractivity contribution >= 4 is 32.7 Å². The van der Waals surface area contributed by atoms with E-state index in [0.717, 1.165) is 26.9 Å². The lowest BCUT2D eigenvalue weighted by molar-refractivity contribution is -0.116. The average molecular weight is 267 g/mol. The van der Waals surface area contributed by atoms with Gasteiger partial charge in [-0.3, -0.25) is 4.79 Å². The van der Waals surface area contributed by atoms with Gasteiger partial charge in [-0.2, -0.15) is 0 Å². The maximum Gasteiger partial charge on any atom is 0.134 e. The van der Waals surface area contributed by atoms with Gasteiger partial charge in [-0.1, -0.05) is 0 Å². The van der Waals surface area contributed by atoms with E-state index in [1.807, 2.05) is 19.1 Å². The fraction of sp³-hybridized carbons (Fsp3) is 0.273. The average Bonchev–Trinajstić information content (AvgIpc) is 2.44. The first-order chi connectivity index (χ1) is 7.06. The number of aryl methyl sites for hydroxylation is 1. The highest BCUT2D eigenvalue weighted by Crippen LogP contribution is 2.24. The fourth-order valence-corrected chi connectivity index (χ4v) is 2.24. The highest BCUT2D eigenvalue weighted by Gasteiger charge is 2.07. The summed E-state index contributed by atoms with van der Waals surface area (Å²) < 4.78 is 0.931. The molecule has 0 spiro atoms. The molecule has 0 aliphatic heterocycles. The number of benzene rings is 1. The highest BCUT2D eigenvalue weighted by molar-refractivity contribution is 9.10. The molecule has 4 heteroatoms. The number of carbonyl (C=O) groups is 1. The van der Waals surface area contributed by atoms with Gasteiger partial charge in [0.05, 0.1) is 5.52 Å². The number of Topliss-reactive ketones (excluding diaryl/α,β-unsaturated/α-hetero) is 1. The van der Waals surface area contributed by atoms with E-state index in [1.165, 1.54) is 0 Å². The Balaban J connectivity index is 2.56. The molecule has 15 heavy (non-hydrogen) atoms. The van der Waals surface area contributed by atoms with Crippen molar-refractivity contribution in [2.75, 3.05) is 0 Å². The van der Waals surface area contributed by atoms with Crippen LogP contribution in [-0.4, -0.2) is 15.8 Å². The van der Waals surface area contributed by atoms with Crippen molar-refractivity contribution in [1.29, 1.82) is 0 Å². The van der Waals surface area contributed by atoms with Crippen molar-refractivity contribution in [1.82, 2.24) is 9.97 Å². The van der Waals surface area contributed by atoms with Crippen molar-refractivity contribution in [3.8, 4) is 0 Å². The van der Waals surface area contributed by atoms with E-state index in [4.69, 9.17) is 0 Å². The van der Waals surface area contributed by atoms with Gasteiger partial charge < -0.3 is 4.98 Å². The van der Waals surface area contributed by atoms with Gasteiger partial charge >= 0.3 is 0 Å². The molecule has 1 aromatic carbocycles. The maximum absolute atomic E-state index is 11.0. The number of nitrogens with zero attached hydrogens (tertiary/aromatic N) is 1. The molecule has 0 unspecified atom stereocenters. The number of H-pyrrole nitrogens is 1. The lowest BCUT2D eigenvalue weighted by atomic mass is 10.1. The standard InChI is InChI=1S/C11H11BrN2O/c1-6(15)3-8-4-9(12)11-10(5-8)13-7(2)14-11/h4-5H,3H2,1-2H3,(H,13,14). The molecule has 0 radical (unpaired) electrons. The number of ketones is 1. The quantitative estimate of drug-likeness (QED) is 0.909. The second-order valence-electron chi connectivity index (χ2n) is 3.67. The summed E-state index contributed by atoms with van der Waals surface area (Å²) in [6, 6.07) is 3.92. The molecule has 1 heterocycles. The number of hydrogen-bond donors (Lipinski definition) is 1. The van der Waals surface area contributed by atoms with E-state index in [0.29, 0.717) is 6.42 Å². The number of carbonyl (C=O) groups excluding carboxylic acids is 1. The van der Waals surface area contributed by atoms with Crippen LogP contribution in [0, 0.1) is 6.92 Å². The zero-order valence-electron chi connectivity index (χ0n) is 8.60. The number of rotatable bonds is 2. The first kappa shape index (κ1) is 10.4. The van der Waals surface area contributed by atoms with Gasteiger partial charge in [0.15, 0.2) is 0 Å². The zero-order valence-corrected chi connectivity index (χ0v) is 10.2. The largest absolute Gasteiger partial charge is 0.342 e. The number of fused-ring (bicyclic) bond motifs is 1. The summed E-state index contributed by atoms with van der Waals surface area (Å²) in [5.41, 5.74) is 2.89. The van der Waals surface area contributed by atoms with Gasteiger partial charge in [0.25, 0.3) is 0 Å². The number of aromatic nitrogens is 2. The van der Waals surface area contributed by atoms with Crippen LogP contribution in [0.2, 0.25) is 0 Å². The zero-order chi connectivity index (χ0) is 11.0. The number of aromatic amines is 1. The summed E-state index contributed by atoms with van der Waals surface area (Å²) in [4.78, 5) is 18.5. The molecule has 0 saturated heterocycles. The Morgan fingerprint density at radius 3 is 2.93 bits per heavy atom. The molecule has 1 N–H and O–H groups in total. The third-order valence-electron chi connectivity index (χ3n) is 2.17. The van der Waals surface area contributed by atoms with Gasteiger partial charge in [-0.05, 0) is 47.5 Å². The summed E-state index contributed by atoms with van der Waals surface area (Å²) in [6.45, 7) is 3.51. The fourth-order valence-electron chi connectivity index (χ4n) is 1.64. The number of hydrogen-bond acceptors (Lipinski definition) is 2. The minimum Gasteiger partial charge on any atom is -0.342 e. The van der Waals surface area contributed by atoms with Gasteiger partial charge in [-0.15, -0.1) is 0 Å². The molecule has 0 saturated carbocycles.